The fraction of sp³-hybridized carbons (Fsp3) is 0.143. The summed E-state index contributed by atoms with van der Waals surface area (Å²) in [6.07, 6.45) is -4.84. The zero-order valence-electron chi connectivity index (χ0n) is 7.53. The Morgan fingerprint density at radius 1 is 1.25 bits per heavy atom. The maximum atomic E-state index is 11.8. The Hall–Kier alpha value is -1.12. The molecule has 0 aliphatic heterocycles. The minimum absolute atomic E-state index is 0.102. The molecule has 0 atom stereocenters. The molecule has 0 fully saturated rings. The molecule has 0 aromatic heterocycles. The molecule has 1 rings (SSSR count). The minimum Gasteiger partial charge on any atom is -0.512 e. The van der Waals surface area contributed by atoms with Crippen LogP contribution in [0.4, 0.5) is 13.2 Å². The van der Waals surface area contributed by atoms with Gasteiger partial charge in [-0.15, -0.1) is 13.2 Å². The van der Waals surface area contributed by atoms with Crippen molar-refractivity contribution in [2.45, 2.75) is 6.36 Å². The molecule has 1 aromatic carbocycles. The molecule has 0 unspecified atom stereocenters. The zero-order chi connectivity index (χ0) is 12.3. The second-order valence-electron chi connectivity index (χ2n) is 2.58. The molecule has 88 valence electrons. The number of ether oxygens (including phenoxy) is 1. The van der Waals surface area contributed by atoms with Crippen LogP contribution in [-0.4, -0.2) is 23.7 Å². The molecule has 4 nitrogen and oxygen atoms in total. The van der Waals surface area contributed by atoms with Gasteiger partial charge in [-0.25, -0.2) is 0 Å². The predicted molar refractivity (Wildman–Crippen MR) is 49.0 cm³/mol. The van der Waals surface area contributed by atoms with Gasteiger partial charge in [0.2, 0.25) is 0 Å². The molecule has 1 aromatic rings. The average molecular weight is 256 g/mol. The molecule has 0 aliphatic rings. The Balaban J connectivity index is 2.83. The molecule has 9 heteroatoms. The van der Waals surface area contributed by atoms with E-state index in [9.17, 15) is 13.2 Å². The van der Waals surface area contributed by atoms with Gasteiger partial charge in [0.25, 0.3) is 0 Å². The van der Waals surface area contributed by atoms with Crippen LogP contribution in [0.15, 0.2) is 18.2 Å². The minimum atomic E-state index is -4.84. The highest BCUT2D eigenvalue weighted by Crippen LogP contribution is 2.32. The van der Waals surface area contributed by atoms with Crippen LogP contribution in [0, 0.1) is 0 Å². The topological polar surface area (TPSA) is 58.9 Å². The highest BCUT2D eigenvalue weighted by atomic mass is 35.5. The summed E-state index contributed by atoms with van der Waals surface area (Å²) in [6, 6.07) is 2.90. The van der Waals surface area contributed by atoms with Crippen molar-refractivity contribution in [3.63, 3.8) is 0 Å². The fourth-order valence-corrected chi connectivity index (χ4v) is 1.09. The molecule has 0 amide bonds. The highest BCUT2D eigenvalue weighted by molar-refractivity contribution is 6.34. The molecular formula is C7H5BClF3O4. The molecule has 0 spiro atoms. The van der Waals surface area contributed by atoms with Gasteiger partial charge >= 0.3 is 13.7 Å². The molecule has 0 saturated heterocycles. The second-order valence-corrected chi connectivity index (χ2v) is 2.99. The first-order valence-corrected chi connectivity index (χ1v) is 4.24. The molecule has 0 bridgehead atoms. The van der Waals surface area contributed by atoms with Crippen molar-refractivity contribution >= 4 is 18.9 Å². The zero-order valence-corrected chi connectivity index (χ0v) is 8.29. The van der Waals surface area contributed by atoms with Gasteiger partial charge in [-0.2, -0.15) is 0 Å². The Kier molecular flexibility index (Phi) is 3.90. The average Bonchev–Trinajstić information content (AvgIpc) is 2.06. The number of halogens is 4. The van der Waals surface area contributed by atoms with E-state index in [1.165, 1.54) is 0 Å². The molecular weight excluding hydrogens is 251 g/mol. The van der Waals surface area contributed by atoms with Gasteiger partial charge in [-0.05, 0) is 12.1 Å². The van der Waals surface area contributed by atoms with Gasteiger partial charge in [0.15, 0.2) is 0 Å². The third-order valence-electron chi connectivity index (χ3n) is 1.37. The van der Waals surface area contributed by atoms with Gasteiger partial charge in [-0.1, -0.05) is 11.6 Å². The number of hydrogen-bond donors (Lipinski definition) is 2. The molecule has 0 heterocycles. The summed E-state index contributed by atoms with van der Waals surface area (Å²) in [5, 5.41) is 16.5. The summed E-state index contributed by atoms with van der Waals surface area (Å²) in [5.41, 5.74) is 0. The van der Waals surface area contributed by atoms with E-state index in [4.69, 9.17) is 21.6 Å². The first-order chi connectivity index (χ1) is 7.28. The molecule has 2 N–H and O–H groups in total. The van der Waals surface area contributed by atoms with Gasteiger partial charge in [0.1, 0.15) is 11.5 Å². The Bertz CT molecular complexity index is 371. The van der Waals surface area contributed by atoms with Gasteiger partial charge < -0.3 is 19.4 Å². The van der Waals surface area contributed by atoms with Crippen molar-refractivity contribution in [3.8, 4) is 11.5 Å². The van der Waals surface area contributed by atoms with E-state index in [1.807, 2.05) is 0 Å². The van der Waals surface area contributed by atoms with E-state index in [2.05, 4.69) is 9.39 Å². The van der Waals surface area contributed by atoms with Crippen LogP contribution >= 0.6 is 11.6 Å². The largest absolute Gasteiger partial charge is 0.707 e. The number of rotatable bonds is 3. The van der Waals surface area contributed by atoms with Crippen LogP contribution in [0.2, 0.25) is 5.02 Å². The maximum Gasteiger partial charge on any atom is 0.707 e. The number of hydrogen-bond acceptors (Lipinski definition) is 4. The lowest BCUT2D eigenvalue weighted by Crippen LogP contribution is -2.20. The van der Waals surface area contributed by atoms with E-state index >= 15 is 0 Å². The summed E-state index contributed by atoms with van der Waals surface area (Å²) < 4.78 is 43.5. The number of benzene rings is 1. The summed E-state index contributed by atoms with van der Waals surface area (Å²) in [7, 11) is -2.08. The third kappa shape index (κ3) is 4.17. The lowest BCUT2D eigenvalue weighted by atomic mass is 10.2. The highest BCUT2D eigenvalue weighted by Gasteiger charge is 2.32. The second kappa shape index (κ2) is 4.81. The molecule has 0 aliphatic carbocycles. The van der Waals surface area contributed by atoms with E-state index < -0.39 is 19.4 Å². The van der Waals surface area contributed by atoms with Crippen LogP contribution in [0.25, 0.3) is 0 Å². The molecule has 0 radical (unpaired) electrons. The molecule has 16 heavy (non-hydrogen) atoms. The lowest BCUT2D eigenvalue weighted by molar-refractivity contribution is -0.274. The standard InChI is InChI=1S/C7H5BClF3O4/c9-5-3-4(16-8(13)14)1-2-6(5)15-7(10,11)12/h1-3,13-14H. The summed E-state index contributed by atoms with van der Waals surface area (Å²) in [6.45, 7) is 0. The van der Waals surface area contributed by atoms with E-state index in [-0.39, 0.29) is 10.8 Å². The lowest BCUT2D eigenvalue weighted by Gasteiger charge is -2.11. The van der Waals surface area contributed by atoms with Crippen LogP contribution in [0.5, 0.6) is 11.5 Å². The summed E-state index contributed by atoms with van der Waals surface area (Å²) >= 11 is 5.45. The first-order valence-electron chi connectivity index (χ1n) is 3.86. The third-order valence-corrected chi connectivity index (χ3v) is 1.67. The smallest absolute Gasteiger partial charge is 0.512 e. The predicted octanol–water partition coefficient (Wildman–Crippen LogP) is 1.59. The van der Waals surface area contributed by atoms with Crippen LogP contribution < -0.4 is 9.39 Å². The van der Waals surface area contributed by atoms with Crippen molar-refractivity contribution in [1.29, 1.82) is 0 Å². The van der Waals surface area contributed by atoms with Crippen molar-refractivity contribution < 1.29 is 32.6 Å². The summed E-state index contributed by atoms with van der Waals surface area (Å²) in [4.78, 5) is 0. The normalized spacial score (nSPS) is 11.1. The Morgan fingerprint density at radius 2 is 1.88 bits per heavy atom. The maximum absolute atomic E-state index is 11.8. The van der Waals surface area contributed by atoms with E-state index in [0.717, 1.165) is 18.2 Å². The van der Waals surface area contributed by atoms with Crippen molar-refractivity contribution in [2.24, 2.45) is 0 Å². The molecule has 0 saturated carbocycles. The fourth-order valence-electron chi connectivity index (χ4n) is 0.884. The van der Waals surface area contributed by atoms with Gasteiger partial charge in [-0.3, -0.25) is 0 Å². The van der Waals surface area contributed by atoms with Crippen molar-refractivity contribution in [2.75, 3.05) is 0 Å². The van der Waals surface area contributed by atoms with Gasteiger partial charge in [0, 0.05) is 6.07 Å². The number of alkyl halides is 3. The summed E-state index contributed by atoms with van der Waals surface area (Å²) in [5.74, 6) is -0.705. The van der Waals surface area contributed by atoms with Gasteiger partial charge in [0.05, 0.1) is 5.02 Å². The SMILES string of the molecule is OB(O)Oc1ccc(OC(F)(F)F)c(Cl)c1. The first kappa shape index (κ1) is 13.0. The quantitative estimate of drug-likeness (QED) is 0.806. The van der Waals surface area contributed by atoms with Crippen LogP contribution in [0.1, 0.15) is 0 Å². The van der Waals surface area contributed by atoms with Crippen LogP contribution in [0.3, 0.4) is 0 Å². The Morgan fingerprint density at radius 3 is 2.31 bits per heavy atom. The van der Waals surface area contributed by atoms with E-state index in [1.54, 1.807) is 0 Å². The monoisotopic (exact) mass is 256 g/mol. The van der Waals surface area contributed by atoms with Crippen molar-refractivity contribution in [3.05, 3.63) is 23.2 Å². The van der Waals surface area contributed by atoms with Crippen molar-refractivity contribution in [1.82, 2.24) is 0 Å². The van der Waals surface area contributed by atoms with E-state index in [0.29, 0.717) is 0 Å². The van der Waals surface area contributed by atoms with Crippen LogP contribution in [-0.2, 0) is 0 Å². The Labute approximate surface area is 93.3 Å².